The van der Waals surface area contributed by atoms with E-state index < -0.39 is 12.9 Å². The standard InChI is InChI=1S/C20H26BNO5/c1-14-4-2-6-16(20(14)24)12-17(21(25)26)13-18(23)10-15-5-3-7-19(11-15)27-9-8-22/h2-7,11,17,24-26H,8-10,12-13,22H2,1H3. The third kappa shape index (κ3) is 6.39. The van der Waals surface area contributed by atoms with Crippen LogP contribution in [0.4, 0.5) is 0 Å². The Kier molecular flexibility index (Phi) is 7.85. The molecule has 0 spiro atoms. The van der Waals surface area contributed by atoms with E-state index in [1.807, 2.05) is 6.07 Å². The number of phenolic OH excluding ortho intramolecular Hbond substituents is 1. The Morgan fingerprint density at radius 2 is 1.96 bits per heavy atom. The van der Waals surface area contributed by atoms with Crippen LogP contribution in [0.3, 0.4) is 0 Å². The molecule has 0 aliphatic carbocycles. The molecular weight excluding hydrogens is 345 g/mol. The highest BCUT2D eigenvalue weighted by atomic mass is 16.5. The molecule has 0 saturated carbocycles. The Bertz CT molecular complexity index is 766. The van der Waals surface area contributed by atoms with Gasteiger partial charge in [0.15, 0.2) is 0 Å². The summed E-state index contributed by atoms with van der Waals surface area (Å²) in [6.07, 6.45) is 0.373. The Morgan fingerprint density at radius 3 is 2.67 bits per heavy atom. The third-order valence-corrected chi connectivity index (χ3v) is 4.40. The fraction of sp³-hybridized carbons (Fsp3) is 0.350. The molecule has 2 rings (SSSR count). The van der Waals surface area contributed by atoms with Crippen molar-refractivity contribution in [2.75, 3.05) is 13.2 Å². The maximum atomic E-state index is 12.4. The zero-order valence-corrected chi connectivity index (χ0v) is 15.5. The summed E-state index contributed by atoms with van der Waals surface area (Å²) in [4.78, 5) is 12.4. The molecule has 0 aliphatic heterocycles. The zero-order valence-electron chi connectivity index (χ0n) is 15.5. The highest BCUT2D eigenvalue weighted by Crippen LogP contribution is 2.28. The lowest BCUT2D eigenvalue weighted by Crippen LogP contribution is -2.25. The number of Topliss-reactive ketones (excluding diaryl/α,β-unsaturated/α-hetero) is 1. The normalized spacial score (nSPS) is 11.9. The second kappa shape index (κ2) is 10.1. The number of aromatic hydroxyl groups is 1. The number of rotatable bonds is 10. The molecule has 1 atom stereocenters. The smallest absolute Gasteiger partial charge is 0.455 e. The second-order valence-electron chi connectivity index (χ2n) is 6.66. The number of hydrogen-bond donors (Lipinski definition) is 4. The molecule has 0 bridgehead atoms. The van der Waals surface area contributed by atoms with Crippen molar-refractivity contribution in [3.05, 3.63) is 59.2 Å². The quantitative estimate of drug-likeness (QED) is 0.472. The van der Waals surface area contributed by atoms with Crippen molar-refractivity contribution in [3.63, 3.8) is 0 Å². The Labute approximate surface area is 159 Å². The van der Waals surface area contributed by atoms with E-state index in [0.29, 0.717) is 30.0 Å². The van der Waals surface area contributed by atoms with E-state index in [-0.39, 0.29) is 30.8 Å². The van der Waals surface area contributed by atoms with Gasteiger partial charge < -0.3 is 25.6 Å². The molecule has 0 heterocycles. The molecule has 0 aliphatic rings. The molecule has 0 amide bonds. The molecular formula is C20H26BNO5. The molecule has 7 heteroatoms. The van der Waals surface area contributed by atoms with Crippen LogP contribution in [-0.2, 0) is 17.6 Å². The largest absolute Gasteiger partial charge is 0.507 e. The SMILES string of the molecule is Cc1cccc(CC(CC(=O)Cc2cccc(OCCN)c2)B(O)O)c1O. The number of benzene rings is 2. The first-order valence-corrected chi connectivity index (χ1v) is 8.97. The molecule has 1 unspecified atom stereocenters. The number of nitrogens with two attached hydrogens (primary N) is 1. The van der Waals surface area contributed by atoms with E-state index in [1.165, 1.54) is 0 Å². The van der Waals surface area contributed by atoms with Gasteiger partial charge in [-0.05, 0) is 42.2 Å². The van der Waals surface area contributed by atoms with Crippen molar-refractivity contribution in [3.8, 4) is 11.5 Å². The van der Waals surface area contributed by atoms with Crippen LogP contribution in [0.15, 0.2) is 42.5 Å². The predicted molar refractivity (Wildman–Crippen MR) is 105 cm³/mol. The average molecular weight is 371 g/mol. The van der Waals surface area contributed by atoms with Crippen LogP contribution < -0.4 is 10.5 Å². The summed E-state index contributed by atoms with van der Waals surface area (Å²) in [5.74, 6) is -0.0346. The highest BCUT2D eigenvalue weighted by molar-refractivity contribution is 6.43. The fourth-order valence-electron chi connectivity index (χ4n) is 2.96. The Hall–Kier alpha value is -2.35. The zero-order chi connectivity index (χ0) is 19.8. The monoisotopic (exact) mass is 371 g/mol. The van der Waals surface area contributed by atoms with Gasteiger partial charge in [0.05, 0.1) is 0 Å². The van der Waals surface area contributed by atoms with Gasteiger partial charge in [-0.3, -0.25) is 4.79 Å². The summed E-state index contributed by atoms with van der Waals surface area (Å²) in [5.41, 5.74) is 7.51. The van der Waals surface area contributed by atoms with Crippen molar-refractivity contribution in [2.24, 2.45) is 5.73 Å². The molecule has 5 N–H and O–H groups in total. The maximum absolute atomic E-state index is 12.4. The first kappa shape index (κ1) is 21.0. The van der Waals surface area contributed by atoms with Crippen molar-refractivity contribution in [1.82, 2.24) is 0 Å². The van der Waals surface area contributed by atoms with Crippen molar-refractivity contribution < 1.29 is 24.7 Å². The highest BCUT2D eigenvalue weighted by Gasteiger charge is 2.27. The van der Waals surface area contributed by atoms with Gasteiger partial charge in [-0.1, -0.05) is 30.3 Å². The number of para-hydroxylation sites is 1. The van der Waals surface area contributed by atoms with Gasteiger partial charge in [0.25, 0.3) is 0 Å². The molecule has 0 fully saturated rings. The van der Waals surface area contributed by atoms with E-state index in [0.717, 1.165) is 5.56 Å². The summed E-state index contributed by atoms with van der Waals surface area (Å²) < 4.78 is 5.46. The van der Waals surface area contributed by atoms with Gasteiger partial charge >= 0.3 is 7.12 Å². The van der Waals surface area contributed by atoms with E-state index in [9.17, 15) is 19.9 Å². The van der Waals surface area contributed by atoms with Gasteiger partial charge in [-0.2, -0.15) is 0 Å². The third-order valence-electron chi connectivity index (χ3n) is 4.40. The van der Waals surface area contributed by atoms with Crippen LogP contribution in [0.25, 0.3) is 0 Å². The molecule has 0 saturated heterocycles. The van der Waals surface area contributed by atoms with Gasteiger partial charge in [0.1, 0.15) is 23.9 Å². The lowest BCUT2D eigenvalue weighted by molar-refractivity contribution is -0.118. The number of carbonyl (C=O) groups is 1. The number of ketones is 1. The minimum absolute atomic E-state index is 0.00106. The minimum Gasteiger partial charge on any atom is -0.507 e. The summed E-state index contributed by atoms with van der Waals surface area (Å²) in [5, 5.41) is 29.5. The summed E-state index contributed by atoms with van der Waals surface area (Å²) >= 11 is 0. The average Bonchev–Trinajstić information content (AvgIpc) is 2.63. The number of carbonyl (C=O) groups excluding carboxylic acids is 1. The van der Waals surface area contributed by atoms with E-state index >= 15 is 0 Å². The van der Waals surface area contributed by atoms with Crippen molar-refractivity contribution in [2.45, 2.75) is 32.0 Å². The van der Waals surface area contributed by atoms with E-state index in [2.05, 4.69) is 0 Å². The van der Waals surface area contributed by atoms with Crippen LogP contribution in [0.1, 0.15) is 23.1 Å². The molecule has 0 radical (unpaired) electrons. The van der Waals surface area contributed by atoms with Crippen LogP contribution in [0.5, 0.6) is 11.5 Å². The molecule has 2 aromatic rings. The van der Waals surface area contributed by atoms with Crippen molar-refractivity contribution >= 4 is 12.9 Å². The Morgan fingerprint density at radius 1 is 1.22 bits per heavy atom. The maximum Gasteiger partial charge on any atom is 0.455 e. The van der Waals surface area contributed by atoms with Crippen LogP contribution in [-0.4, -0.2) is 41.2 Å². The van der Waals surface area contributed by atoms with Gasteiger partial charge in [0.2, 0.25) is 0 Å². The lowest BCUT2D eigenvalue weighted by atomic mass is 9.66. The number of phenols is 1. The number of ether oxygens (including phenoxy) is 1. The van der Waals surface area contributed by atoms with Gasteiger partial charge in [-0.25, -0.2) is 0 Å². The molecule has 2 aromatic carbocycles. The van der Waals surface area contributed by atoms with E-state index in [1.54, 1.807) is 43.3 Å². The number of hydrogen-bond acceptors (Lipinski definition) is 6. The van der Waals surface area contributed by atoms with Gasteiger partial charge in [-0.15, -0.1) is 0 Å². The first-order chi connectivity index (χ1) is 12.9. The van der Waals surface area contributed by atoms with Crippen LogP contribution >= 0.6 is 0 Å². The number of aryl methyl sites for hydroxylation is 1. The summed E-state index contributed by atoms with van der Waals surface area (Å²) in [6.45, 7) is 2.58. The predicted octanol–water partition coefficient (Wildman–Crippen LogP) is 1.63. The molecule has 144 valence electrons. The first-order valence-electron chi connectivity index (χ1n) is 8.97. The minimum atomic E-state index is -1.65. The lowest BCUT2D eigenvalue weighted by Gasteiger charge is -2.17. The van der Waals surface area contributed by atoms with Crippen LogP contribution in [0.2, 0.25) is 5.82 Å². The summed E-state index contributed by atoms with van der Waals surface area (Å²) in [6, 6.07) is 12.5. The topological polar surface area (TPSA) is 113 Å². The van der Waals surface area contributed by atoms with E-state index in [4.69, 9.17) is 10.5 Å². The van der Waals surface area contributed by atoms with Crippen LogP contribution in [0, 0.1) is 6.92 Å². The molecule has 6 nitrogen and oxygen atoms in total. The Balaban J connectivity index is 2.01. The summed E-state index contributed by atoms with van der Waals surface area (Å²) in [7, 11) is -1.65. The van der Waals surface area contributed by atoms with Gasteiger partial charge in [0, 0.05) is 25.2 Å². The van der Waals surface area contributed by atoms with Crippen molar-refractivity contribution in [1.29, 1.82) is 0 Å². The second-order valence-corrected chi connectivity index (χ2v) is 6.66. The molecule has 0 aromatic heterocycles. The molecule has 27 heavy (non-hydrogen) atoms. The fourth-order valence-corrected chi connectivity index (χ4v) is 2.96.